The molecule has 0 aromatic heterocycles. The molecule has 1 heterocycles. The standard InChI is InChI=1S/C11H21NO4/c1-2-3-4-15-5-6-16-11(14)10-7-9(13)8-12-10/h9-10,12-13H,2-8H2,1H3. The van der Waals surface area contributed by atoms with E-state index in [0.29, 0.717) is 26.2 Å². The summed E-state index contributed by atoms with van der Waals surface area (Å²) < 4.78 is 10.3. The fourth-order valence-electron chi connectivity index (χ4n) is 1.55. The minimum absolute atomic E-state index is 0.289. The summed E-state index contributed by atoms with van der Waals surface area (Å²) in [5.74, 6) is -0.296. The Balaban J connectivity index is 1.98. The molecule has 0 saturated carbocycles. The number of carbonyl (C=O) groups excluding carboxylic acids is 1. The minimum atomic E-state index is -0.432. The zero-order valence-electron chi connectivity index (χ0n) is 9.78. The van der Waals surface area contributed by atoms with Gasteiger partial charge in [-0.1, -0.05) is 13.3 Å². The Kier molecular flexibility index (Phi) is 6.37. The second kappa shape index (κ2) is 7.60. The fraction of sp³-hybridized carbons (Fsp3) is 0.909. The number of esters is 1. The summed E-state index contributed by atoms with van der Waals surface area (Å²) in [7, 11) is 0. The molecule has 1 aliphatic rings. The average Bonchev–Trinajstić information content (AvgIpc) is 2.70. The van der Waals surface area contributed by atoms with Crippen LogP contribution in [-0.2, 0) is 14.3 Å². The zero-order valence-corrected chi connectivity index (χ0v) is 9.78. The van der Waals surface area contributed by atoms with Gasteiger partial charge >= 0.3 is 5.97 Å². The average molecular weight is 231 g/mol. The van der Waals surface area contributed by atoms with Crippen LogP contribution in [-0.4, -0.2) is 49.6 Å². The SMILES string of the molecule is CCCCOCCOC(=O)C1CC(O)CN1. The lowest BCUT2D eigenvalue weighted by molar-refractivity contribution is -0.147. The van der Waals surface area contributed by atoms with Crippen LogP contribution in [0.3, 0.4) is 0 Å². The molecule has 16 heavy (non-hydrogen) atoms. The number of hydrogen-bond acceptors (Lipinski definition) is 5. The van der Waals surface area contributed by atoms with Gasteiger partial charge in [0.25, 0.3) is 0 Å². The van der Waals surface area contributed by atoms with Gasteiger partial charge in [0.1, 0.15) is 12.6 Å². The first-order valence-corrected chi connectivity index (χ1v) is 5.90. The van der Waals surface area contributed by atoms with Crippen molar-refractivity contribution in [1.29, 1.82) is 0 Å². The maximum absolute atomic E-state index is 11.4. The summed E-state index contributed by atoms with van der Waals surface area (Å²) >= 11 is 0. The quantitative estimate of drug-likeness (QED) is 0.479. The summed E-state index contributed by atoms with van der Waals surface area (Å²) in [5.41, 5.74) is 0. The number of β-amino-alcohol motifs (C(OH)–C–C–N with tert-alkyl or cyclic N) is 1. The van der Waals surface area contributed by atoms with Crippen molar-refractivity contribution < 1.29 is 19.4 Å². The third kappa shape index (κ3) is 4.92. The monoisotopic (exact) mass is 231 g/mol. The lowest BCUT2D eigenvalue weighted by atomic mass is 10.2. The third-order valence-corrected chi connectivity index (χ3v) is 2.51. The predicted octanol–water partition coefficient (Wildman–Crippen LogP) is 0.0691. The van der Waals surface area contributed by atoms with E-state index in [-0.39, 0.29) is 18.6 Å². The molecule has 0 amide bonds. The summed E-state index contributed by atoms with van der Waals surface area (Å²) in [6, 6.07) is -0.356. The smallest absolute Gasteiger partial charge is 0.323 e. The normalized spacial score (nSPS) is 24.6. The third-order valence-electron chi connectivity index (χ3n) is 2.51. The molecule has 0 aliphatic carbocycles. The van der Waals surface area contributed by atoms with E-state index in [0.717, 1.165) is 12.8 Å². The number of rotatable bonds is 7. The number of nitrogens with one attached hydrogen (secondary N) is 1. The lowest BCUT2D eigenvalue weighted by Crippen LogP contribution is -2.33. The molecule has 5 nitrogen and oxygen atoms in total. The van der Waals surface area contributed by atoms with Crippen LogP contribution in [0, 0.1) is 0 Å². The van der Waals surface area contributed by atoms with E-state index in [4.69, 9.17) is 9.47 Å². The van der Waals surface area contributed by atoms with E-state index in [1.54, 1.807) is 0 Å². The largest absolute Gasteiger partial charge is 0.462 e. The van der Waals surface area contributed by atoms with Gasteiger partial charge in [0.05, 0.1) is 12.7 Å². The Labute approximate surface area is 96.1 Å². The van der Waals surface area contributed by atoms with Crippen LogP contribution in [0.2, 0.25) is 0 Å². The maximum atomic E-state index is 11.4. The van der Waals surface area contributed by atoms with E-state index in [2.05, 4.69) is 12.2 Å². The highest BCUT2D eigenvalue weighted by molar-refractivity contribution is 5.76. The van der Waals surface area contributed by atoms with Crippen molar-refractivity contribution in [3.8, 4) is 0 Å². The van der Waals surface area contributed by atoms with E-state index >= 15 is 0 Å². The predicted molar refractivity (Wildman–Crippen MR) is 59.1 cm³/mol. The van der Waals surface area contributed by atoms with Crippen LogP contribution in [0.1, 0.15) is 26.2 Å². The molecule has 1 aliphatic heterocycles. The van der Waals surface area contributed by atoms with Crippen molar-refractivity contribution in [2.45, 2.75) is 38.3 Å². The summed E-state index contributed by atoms with van der Waals surface area (Å²) in [6.07, 6.45) is 2.14. The van der Waals surface area contributed by atoms with Crippen LogP contribution in [0.15, 0.2) is 0 Å². The number of unbranched alkanes of at least 4 members (excludes halogenated alkanes) is 1. The Morgan fingerprint density at radius 2 is 2.25 bits per heavy atom. The molecule has 94 valence electrons. The van der Waals surface area contributed by atoms with Crippen molar-refractivity contribution >= 4 is 5.97 Å². The molecule has 0 bridgehead atoms. The Bertz CT molecular complexity index is 210. The van der Waals surface area contributed by atoms with Crippen molar-refractivity contribution in [3.63, 3.8) is 0 Å². The minimum Gasteiger partial charge on any atom is -0.462 e. The first-order valence-electron chi connectivity index (χ1n) is 5.90. The molecule has 1 saturated heterocycles. The first-order chi connectivity index (χ1) is 7.74. The second-order valence-electron chi connectivity index (χ2n) is 3.98. The van der Waals surface area contributed by atoms with E-state index in [1.807, 2.05) is 0 Å². The fourth-order valence-corrected chi connectivity index (χ4v) is 1.55. The molecule has 0 aromatic carbocycles. The van der Waals surface area contributed by atoms with Gasteiger partial charge in [0, 0.05) is 19.6 Å². The van der Waals surface area contributed by atoms with Gasteiger partial charge in [-0.15, -0.1) is 0 Å². The van der Waals surface area contributed by atoms with Gasteiger partial charge in [-0.3, -0.25) is 4.79 Å². The van der Waals surface area contributed by atoms with Crippen LogP contribution in [0.25, 0.3) is 0 Å². The summed E-state index contributed by atoms with van der Waals surface area (Å²) in [4.78, 5) is 11.4. The molecule has 0 aromatic rings. The van der Waals surface area contributed by atoms with Crippen molar-refractivity contribution in [2.75, 3.05) is 26.4 Å². The van der Waals surface area contributed by atoms with E-state index in [9.17, 15) is 9.90 Å². The van der Waals surface area contributed by atoms with Gasteiger partial charge in [0.15, 0.2) is 0 Å². The maximum Gasteiger partial charge on any atom is 0.323 e. The molecular formula is C11H21NO4. The Morgan fingerprint density at radius 3 is 2.88 bits per heavy atom. The van der Waals surface area contributed by atoms with Gasteiger partial charge in [-0.25, -0.2) is 0 Å². The first kappa shape index (κ1) is 13.4. The van der Waals surface area contributed by atoms with Gasteiger partial charge in [-0.05, 0) is 6.42 Å². The molecule has 2 unspecified atom stereocenters. The Morgan fingerprint density at radius 1 is 1.44 bits per heavy atom. The molecule has 0 spiro atoms. The number of carbonyl (C=O) groups is 1. The number of aliphatic hydroxyl groups excluding tert-OH is 1. The van der Waals surface area contributed by atoms with Crippen LogP contribution >= 0.6 is 0 Å². The molecule has 5 heteroatoms. The van der Waals surface area contributed by atoms with Gasteiger partial charge < -0.3 is 19.9 Å². The van der Waals surface area contributed by atoms with Gasteiger partial charge in [0.2, 0.25) is 0 Å². The van der Waals surface area contributed by atoms with Crippen LogP contribution in [0.4, 0.5) is 0 Å². The highest BCUT2D eigenvalue weighted by atomic mass is 16.6. The molecule has 1 fully saturated rings. The molecule has 1 rings (SSSR count). The number of hydrogen-bond donors (Lipinski definition) is 2. The summed E-state index contributed by atoms with van der Waals surface area (Å²) in [5, 5.41) is 12.1. The Hall–Kier alpha value is -0.650. The van der Waals surface area contributed by atoms with Crippen molar-refractivity contribution in [1.82, 2.24) is 5.32 Å². The van der Waals surface area contributed by atoms with Crippen LogP contribution < -0.4 is 5.32 Å². The van der Waals surface area contributed by atoms with E-state index in [1.165, 1.54) is 0 Å². The topological polar surface area (TPSA) is 67.8 Å². The number of ether oxygens (including phenoxy) is 2. The molecule has 2 N–H and O–H groups in total. The highest BCUT2D eigenvalue weighted by Gasteiger charge is 2.28. The van der Waals surface area contributed by atoms with Crippen LogP contribution in [0.5, 0.6) is 0 Å². The van der Waals surface area contributed by atoms with E-state index < -0.39 is 6.10 Å². The van der Waals surface area contributed by atoms with Crippen molar-refractivity contribution in [2.24, 2.45) is 0 Å². The molecule has 0 radical (unpaired) electrons. The number of aliphatic hydroxyl groups is 1. The zero-order chi connectivity index (χ0) is 11.8. The highest BCUT2D eigenvalue weighted by Crippen LogP contribution is 2.07. The summed E-state index contributed by atoms with van der Waals surface area (Å²) in [6.45, 7) is 4.01. The lowest BCUT2D eigenvalue weighted by Gasteiger charge is -2.10. The van der Waals surface area contributed by atoms with Crippen molar-refractivity contribution in [3.05, 3.63) is 0 Å². The molecular weight excluding hydrogens is 210 g/mol. The second-order valence-corrected chi connectivity index (χ2v) is 3.98. The molecule has 2 atom stereocenters. The van der Waals surface area contributed by atoms with Gasteiger partial charge in [-0.2, -0.15) is 0 Å².